The van der Waals surface area contributed by atoms with Gasteiger partial charge in [-0.15, -0.1) is 5.12 Å². The van der Waals surface area contributed by atoms with E-state index in [1.807, 2.05) is 0 Å². The van der Waals surface area contributed by atoms with Crippen LogP contribution >= 0.6 is 0 Å². The smallest absolute Gasteiger partial charge is 0.441 e. The first-order valence-electron chi connectivity index (χ1n) is 3.63. The Morgan fingerprint density at radius 2 is 2.08 bits per heavy atom. The average molecular weight is 173 g/mol. The van der Waals surface area contributed by atoms with Crippen LogP contribution in [0, 0.1) is 0 Å². The molecule has 0 spiro atoms. The number of amides is 1. The van der Waals surface area contributed by atoms with Crippen molar-refractivity contribution in [1.82, 2.24) is 5.12 Å². The molecule has 5 heteroatoms. The van der Waals surface area contributed by atoms with Gasteiger partial charge in [-0.2, -0.15) is 5.10 Å². The highest BCUT2D eigenvalue weighted by Crippen LogP contribution is 2.08. The molecule has 5 nitrogen and oxygen atoms in total. The summed E-state index contributed by atoms with van der Waals surface area (Å²) >= 11 is 0. The van der Waals surface area contributed by atoms with Gasteiger partial charge in [0.2, 0.25) is 0 Å². The summed E-state index contributed by atoms with van der Waals surface area (Å²) in [6.07, 6.45) is 0.741. The lowest BCUT2D eigenvalue weighted by Gasteiger charge is -2.21. The first-order valence-corrected chi connectivity index (χ1v) is 3.63. The van der Waals surface area contributed by atoms with E-state index < -0.39 is 11.7 Å². The number of rotatable bonds is 1. The number of nitrogens with zero attached hydrogens (tertiary/aromatic N) is 2. The van der Waals surface area contributed by atoms with Gasteiger partial charge in [-0.25, -0.2) is 10.6 Å². The van der Waals surface area contributed by atoms with Crippen LogP contribution in [0.15, 0.2) is 5.10 Å². The number of hydrazone groups is 1. The summed E-state index contributed by atoms with van der Waals surface area (Å²) in [4.78, 5) is 11.0. The minimum atomic E-state index is -0.666. The minimum absolute atomic E-state index is 0.544. The molecule has 0 saturated carbocycles. The minimum Gasteiger partial charge on any atom is -0.441 e. The lowest BCUT2D eigenvalue weighted by atomic mass is 10.2. The largest absolute Gasteiger partial charge is 0.446 e. The van der Waals surface area contributed by atoms with Crippen molar-refractivity contribution in [2.75, 3.05) is 0 Å². The molecule has 0 radical (unpaired) electrons. The fourth-order valence-electron chi connectivity index (χ4n) is 0.480. The molecule has 70 valence electrons. The molecule has 0 fully saturated rings. The number of carbonyl (C=O) groups excluding carboxylic acids is 1. The molecule has 0 rings (SSSR count). The van der Waals surface area contributed by atoms with Crippen molar-refractivity contribution >= 4 is 12.3 Å². The molecule has 1 amide bonds. The van der Waals surface area contributed by atoms with E-state index in [1.54, 1.807) is 27.7 Å². The lowest BCUT2D eigenvalue weighted by Crippen LogP contribution is -2.37. The third kappa shape index (κ3) is 4.68. The van der Waals surface area contributed by atoms with Crippen LogP contribution in [-0.4, -0.2) is 23.0 Å². The summed E-state index contributed by atoms with van der Waals surface area (Å²) in [5.74, 6) is 5.20. The second-order valence-electron chi connectivity index (χ2n) is 3.20. The predicted octanol–water partition coefficient (Wildman–Crippen LogP) is 1.10. The zero-order valence-corrected chi connectivity index (χ0v) is 7.87. The van der Waals surface area contributed by atoms with Crippen molar-refractivity contribution in [2.24, 2.45) is 10.9 Å². The maximum Gasteiger partial charge on any atom is 0.446 e. The average Bonchev–Trinajstić information content (AvgIpc) is 1.84. The van der Waals surface area contributed by atoms with E-state index in [9.17, 15) is 4.79 Å². The highest BCUT2D eigenvalue weighted by atomic mass is 16.6. The predicted molar refractivity (Wildman–Crippen MR) is 46.4 cm³/mol. The highest BCUT2D eigenvalue weighted by molar-refractivity contribution is 5.68. The molecule has 0 atom stereocenters. The molecular formula is C7H15N3O2. The molecule has 12 heavy (non-hydrogen) atoms. The molecule has 0 aliphatic carbocycles. The van der Waals surface area contributed by atoms with Crippen molar-refractivity contribution < 1.29 is 9.53 Å². The second-order valence-corrected chi connectivity index (χ2v) is 3.20. The number of hydrazine groups is 1. The summed E-state index contributed by atoms with van der Waals surface area (Å²) in [7, 11) is 0. The van der Waals surface area contributed by atoms with E-state index in [-0.39, 0.29) is 0 Å². The molecule has 0 aliphatic heterocycles. The molecule has 0 heterocycles. The van der Waals surface area contributed by atoms with Gasteiger partial charge < -0.3 is 4.74 Å². The monoisotopic (exact) mass is 173 g/mol. The maximum atomic E-state index is 11.0. The van der Waals surface area contributed by atoms with Gasteiger partial charge in [-0.3, -0.25) is 0 Å². The Morgan fingerprint density at radius 1 is 1.58 bits per heavy atom. The number of nitrogens with two attached hydrogens (primary N) is 1. The van der Waals surface area contributed by atoms with Crippen LogP contribution in [0.3, 0.4) is 0 Å². The number of ether oxygens (including phenoxy) is 1. The normalized spacial score (nSPS) is 11.8. The van der Waals surface area contributed by atoms with E-state index >= 15 is 0 Å². The van der Waals surface area contributed by atoms with Gasteiger partial charge in [0.25, 0.3) is 0 Å². The van der Waals surface area contributed by atoms with Crippen molar-refractivity contribution in [2.45, 2.75) is 33.3 Å². The van der Waals surface area contributed by atoms with Crippen molar-refractivity contribution in [3.05, 3.63) is 0 Å². The topological polar surface area (TPSA) is 67.9 Å². The van der Waals surface area contributed by atoms with Crippen LogP contribution < -0.4 is 5.84 Å². The van der Waals surface area contributed by atoms with Crippen LogP contribution in [0.5, 0.6) is 0 Å². The van der Waals surface area contributed by atoms with E-state index in [2.05, 4.69) is 5.10 Å². The van der Waals surface area contributed by atoms with Crippen molar-refractivity contribution in [3.63, 3.8) is 0 Å². The van der Waals surface area contributed by atoms with Gasteiger partial charge in [0.1, 0.15) is 5.60 Å². The third-order valence-corrected chi connectivity index (χ3v) is 0.820. The quantitative estimate of drug-likeness (QED) is 0.279. The fourth-order valence-corrected chi connectivity index (χ4v) is 0.480. The molecule has 0 bridgehead atoms. The van der Waals surface area contributed by atoms with Gasteiger partial charge in [-0.05, 0) is 27.7 Å². The molecule has 0 aromatic heterocycles. The zero-order chi connectivity index (χ0) is 9.78. The molecule has 0 unspecified atom stereocenters. The maximum absolute atomic E-state index is 11.0. The summed E-state index contributed by atoms with van der Waals surface area (Å²) in [6, 6.07) is 0. The van der Waals surface area contributed by atoms with E-state index in [0.29, 0.717) is 5.12 Å². The summed E-state index contributed by atoms with van der Waals surface area (Å²) in [5.41, 5.74) is -0.544. The SMILES string of the molecule is C/C=N\N(N)C(=O)OC(C)(C)C. The Hall–Kier alpha value is -1.10. The zero-order valence-electron chi connectivity index (χ0n) is 7.87. The Morgan fingerprint density at radius 3 is 2.42 bits per heavy atom. The van der Waals surface area contributed by atoms with Gasteiger partial charge in [0, 0.05) is 6.21 Å². The van der Waals surface area contributed by atoms with E-state index in [1.165, 1.54) is 6.21 Å². The Labute approximate surface area is 72.1 Å². The highest BCUT2D eigenvalue weighted by Gasteiger charge is 2.19. The molecule has 0 saturated heterocycles. The van der Waals surface area contributed by atoms with Crippen molar-refractivity contribution in [1.29, 1.82) is 0 Å². The molecular weight excluding hydrogens is 158 g/mol. The fraction of sp³-hybridized carbons (Fsp3) is 0.714. The summed E-state index contributed by atoms with van der Waals surface area (Å²) in [5, 5.41) is 4.18. The standard InChI is InChI=1S/C7H15N3O2/c1-5-9-10(8)6(11)12-7(2,3)4/h5H,8H2,1-4H3/b9-5-. The van der Waals surface area contributed by atoms with Crippen LogP contribution in [-0.2, 0) is 4.74 Å². The van der Waals surface area contributed by atoms with Gasteiger partial charge in [-0.1, -0.05) is 0 Å². The van der Waals surface area contributed by atoms with Gasteiger partial charge in [0.15, 0.2) is 0 Å². The van der Waals surface area contributed by atoms with Crippen LogP contribution in [0.25, 0.3) is 0 Å². The van der Waals surface area contributed by atoms with Crippen LogP contribution in [0.1, 0.15) is 27.7 Å². The van der Waals surface area contributed by atoms with Gasteiger partial charge >= 0.3 is 6.09 Å². The molecule has 0 aromatic rings. The molecule has 0 aliphatic rings. The number of hydrogen-bond donors (Lipinski definition) is 1. The van der Waals surface area contributed by atoms with Crippen LogP contribution in [0.2, 0.25) is 0 Å². The van der Waals surface area contributed by atoms with Crippen molar-refractivity contribution in [3.8, 4) is 0 Å². The Kier molecular flexibility index (Phi) is 3.69. The summed E-state index contributed by atoms with van der Waals surface area (Å²) < 4.78 is 4.90. The van der Waals surface area contributed by atoms with E-state index in [0.717, 1.165) is 0 Å². The first-order chi connectivity index (χ1) is 5.37. The molecule has 0 aromatic carbocycles. The lowest BCUT2D eigenvalue weighted by molar-refractivity contribution is 0.0254. The third-order valence-electron chi connectivity index (χ3n) is 0.820. The molecule has 2 N–H and O–H groups in total. The number of hydrogen-bond acceptors (Lipinski definition) is 4. The Bertz CT molecular complexity index is 184. The second kappa shape index (κ2) is 4.06. The Balaban J connectivity index is 4.05. The van der Waals surface area contributed by atoms with Gasteiger partial charge in [0.05, 0.1) is 0 Å². The first kappa shape index (κ1) is 10.9. The summed E-state index contributed by atoms with van der Waals surface area (Å²) in [6.45, 7) is 6.93. The van der Waals surface area contributed by atoms with Crippen LogP contribution in [0.4, 0.5) is 4.79 Å². The number of carbonyl (C=O) groups is 1. The van der Waals surface area contributed by atoms with E-state index in [4.69, 9.17) is 10.6 Å².